The van der Waals surface area contributed by atoms with Gasteiger partial charge in [0.05, 0.1) is 5.69 Å². The monoisotopic (exact) mass is 399 g/mol. The molecule has 104 valence electrons. The fraction of sp³-hybridized carbons (Fsp3) is 0.267. The minimum absolute atomic E-state index is 0.0476. The molecule has 0 saturated heterocycles. The summed E-state index contributed by atoms with van der Waals surface area (Å²) in [6.45, 7) is 1.52. The summed E-state index contributed by atoms with van der Waals surface area (Å²) in [4.78, 5) is 16.0. The largest absolute Gasteiger partial charge is 0.505 e. The zero-order valence-electron chi connectivity index (χ0n) is 11.0. The molecule has 1 aliphatic heterocycles. The molecule has 0 spiro atoms. The summed E-state index contributed by atoms with van der Waals surface area (Å²) in [5, 5.41) is 11.6. The summed E-state index contributed by atoms with van der Waals surface area (Å²) in [7, 11) is 0. The van der Waals surface area contributed by atoms with E-state index in [9.17, 15) is 9.90 Å². The molecule has 0 amide bonds. The van der Waals surface area contributed by atoms with Gasteiger partial charge in [0.25, 0.3) is 0 Å². The number of Topliss-reactive ketones (excluding diaryl/α,β-unsaturated/α-hetero) is 1. The third kappa shape index (κ3) is 2.37. The number of aliphatic hydroxyl groups excluding tert-OH is 1. The van der Waals surface area contributed by atoms with Crippen molar-refractivity contribution in [2.24, 2.45) is 0 Å². The van der Waals surface area contributed by atoms with Gasteiger partial charge in [-0.05, 0) is 66.3 Å². The Morgan fingerprint density at radius 3 is 3.00 bits per heavy atom. The molecule has 20 heavy (non-hydrogen) atoms. The summed E-state index contributed by atoms with van der Waals surface area (Å²) >= 11 is 4.03. The lowest BCUT2D eigenvalue weighted by Gasteiger charge is -2.12. The van der Waals surface area contributed by atoms with Crippen molar-refractivity contribution in [1.29, 1.82) is 0 Å². The predicted molar refractivity (Wildman–Crippen MR) is 91.2 cm³/mol. The second kappa shape index (κ2) is 5.44. The average Bonchev–Trinajstić information content (AvgIpc) is 2.73. The summed E-state index contributed by atoms with van der Waals surface area (Å²) < 4.78 is 1.16. The van der Waals surface area contributed by atoms with Crippen LogP contribution in [0.3, 0.4) is 0 Å². The van der Waals surface area contributed by atoms with Gasteiger partial charge >= 0.3 is 0 Å². The average molecular weight is 399 g/mol. The van der Waals surface area contributed by atoms with Crippen molar-refractivity contribution in [3.63, 3.8) is 0 Å². The molecule has 0 aliphatic carbocycles. The summed E-state index contributed by atoms with van der Waals surface area (Å²) in [5.41, 5.74) is 2.23. The van der Waals surface area contributed by atoms with E-state index in [-0.39, 0.29) is 11.5 Å². The highest BCUT2D eigenvalue weighted by atomic mass is 127. The van der Waals surface area contributed by atoms with Crippen molar-refractivity contribution in [3.05, 3.63) is 33.0 Å². The number of halogens is 1. The van der Waals surface area contributed by atoms with E-state index >= 15 is 0 Å². The van der Waals surface area contributed by atoms with Gasteiger partial charge in [-0.15, -0.1) is 11.8 Å². The molecule has 0 atom stereocenters. The number of carbonyl (C=O) groups is 1. The van der Waals surface area contributed by atoms with Crippen LogP contribution in [0.15, 0.2) is 28.7 Å². The van der Waals surface area contributed by atoms with Crippen LogP contribution in [0.25, 0.3) is 16.7 Å². The number of allylic oxidation sites excluding steroid dienone is 1. The van der Waals surface area contributed by atoms with E-state index in [2.05, 4.69) is 33.6 Å². The predicted octanol–water partition coefficient (Wildman–Crippen LogP) is 4.52. The van der Waals surface area contributed by atoms with Crippen molar-refractivity contribution in [3.8, 4) is 0 Å². The van der Waals surface area contributed by atoms with Crippen molar-refractivity contribution in [2.45, 2.75) is 24.7 Å². The van der Waals surface area contributed by atoms with Crippen LogP contribution in [0.2, 0.25) is 0 Å². The van der Waals surface area contributed by atoms with Crippen molar-refractivity contribution in [2.75, 3.05) is 5.75 Å². The first-order valence-electron chi connectivity index (χ1n) is 6.45. The van der Waals surface area contributed by atoms with Gasteiger partial charge in [0, 0.05) is 24.9 Å². The number of hydrogen-bond donors (Lipinski definition) is 2. The quantitative estimate of drug-likeness (QED) is 0.694. The first-order chi connectivity index (χ1) is 9.58. The first kappa shape index (κ1) is 14.0. The Balaban J connectivity index is 2.30. The minimum atomic E-state index is -0.0476. The fourth-order valence-corrected chi connectivity index (χ4v) is 4.09. The van der Waals surface area contributed by atoms with E-state index in [1.807, 2.05) is 12.1 Å². The molecule has 0 radical (unpaired) electrons. The summed E-state index contributed by atoms with van der Waals surface area (Å²) in [6, 6.07) is 6.16. The molecule has 3 nitrogen and oxygen atoms in total. The lowest BCUT2D eigenvalue weighted by molar-refractivity contribution is -0.113. The van der Waals surface area contributed by atoms with E-state index in [4.69, 9.17) is 0 Å². The molecule has 5 heteroatoms. The molecule has 2 aromatic rings. The number of rotatable bonds is 1. The first-order valence-corrected chi connectivity index (χ1v) is 8.52. The van der Waals surface area contributed by atoms with Crippen LogP contribution >= 0.6 is 34.4 Å². The van der Waals surface area contributed by atoms with Gasteiger partial charge in [-0.1, -0.05) is 0 Å². The molecule has 2 heterocycles. The Labute approximate surface area is 135 Å². The molecule has 0 bridgehead atoms. The minimum Gasteiger partial charge on any atom is -0.505 e. The summed E-state index contributed by atoms with van der Waals surface area (Å²) in [5.74, 6) is 1.02. The zero-order chi connectivity index (χ0) is 14.3. The van der Waals surface area contributed by atoms with Gasteiger partial charge in [-0.25, -0.2) is 0 Å². The molecular weight excluding hydrogens is 385 g/mol. The smallest absolute Gasteiger partial charge is 0.159 e. The van der Waals surface area contributed by atoms with Crippen LogP contribution in [-0.2, 0) is 4.79 Å². The SMILES string of the molecule is CC(=O)/C1=C(\O)c2[nH]c3ccc(I)cc3c2SCCC1. The number of benzene rings is 1. The Morgan fingerprint density at radius 1 is 1.45 bits per heavy atom. The molecule has 2 N–H and O–H groups in total. The molecule has 0 unspecified atom stereocenters. The standard InChI is InChI=1S/C15H14INO2S/c1-8(18)10-3-2-6-20-15-11-7-9(16)4-5-12(11)17-13(15)14(10)19/h4-5,7,17,19H,2-3,6H2,1H3/b14-10-. The maximum Gasteiger partial charge on any atom is 0.159 e. The normalized spacial score (nSPS) is 19.5. The molecule has 1 aromatic heterocycles. The highest BCUT2D eigenvalue weighted by molar-refractivity contribution is 14.1. The molecule has 0 saturated carbocycles. The van der Waals surface area contributed by atoms with E-state index in [0.717, 1.165) is 31.5 Å². The number of aromatic amines is 1. The van der Waals surface area contributed by atoms with E-state index in [1.54, 1.807) is 11.8 Å². The van der Waals surface area contributed by atoms with Gasteiger partial charge in [0.1, 0.15) is 5.76 Å². The molecule has 1 aliphatic rings. The van der Waals surface area contributed by atoms with Gasteiger partial charge in [0.15, 0.2) is 5.78 Å². The number of carbonyl (C=O) groups excluding carboxylic acids is 1. The van der Waals surface area contributed by atoms with Crippen LogP contribution in [0.4, 0.5) is 0 Å². The number of fused-ring (bicyclic) bond motifs is 3. The van der Waals surface area contributed by atoms with Gasteiger partial charge in [0.2, 0.25) is 0 Å². The highest BCUT2D eigenvalue weighted by Crippen LogP contribution is 2.39. The highest BCUT2D eigenvalue weighted by Gasteiger charge is 2.22. The van der Waals surface area contributed by atoms with E-state index < -0.39 is 0 Å². The third-order valence-corrected chi connectivity index (χ3v) is 5.35. The van der Waals surface area contributed by atoms with Crippen LogP contribution in [0, 0.1) is 3.57 Å². The maximum atomic E-state index is 11.7. The number of nitrogens with one attached hydrogen (secondary N) is 1. The molecule has 3 rings (SSSR count). The number of hydrogen-bond acceptors (Lipinski definition) is 3. The van der Waals surface area contributed by atoms with Gasteiger partial charge < -0.3 is 10.1 Å². The van der Waals surface area contributed by atoms with Crippen LogP contribution in [0.1, 0.15) is 25.5 Å². The number of thioether (sulfide) groups is 1. The zero-order valence-corrected chi connectivity index (χ0v) is 14.0. The molecular formula is C15H14INO2S. The maximum absolute atomic E-state index is 11.7. The Kier molecular flexibility index (Phi) is 3.81. The number of aromatic nitrogens is 1. The second-order valence-electron chi connectivity index (χ2n) is 4.85. The fourth-order valence-electron chi connectivity index (χ4n) is 2.49. The van der Waals surface area contributed by atoms with E-state index in [1.165, 1.54) is 6.92 Å². The number of ketones is 1. The van der Waals surface area contributed by atoms with Gasteiger partial charge in [-0.2, -0.15) is 0 Å². The van der Waals surface area contributed by atoms with Crippen molar-refractivity contribution < 1.29 is 9.90 Å². The molecule has 0 fully saturated rings. The lowest BCUT2D eigenvalue weighted by Crippen LogP contribution is -2.05. The van der Waals surface area contributed by atoms with Gasteiger partial charge in [-0.3, -0.25) is 4.79 Å². The lowest BCUT2D eigenvalue weighted by atomic mass is 10.0. The topological polar surface area (TPSA) is 53.1 Å². The third-order valence-electron chi connectivity index (χ3n) is 3.48. The van der Waals surface area contributed by atoms with E-state index in [0.29, 0.717) is 17.7 Å². The number of aliphatic hydroxyl groups is 1. The Bertz CT molecular complexity index is 733. The molecule has 1 aromatic carbocycles. The van der Waals surface area contributed by atoms with Crippen molar-refractivity contribution in [1.82, 2.24) is 4.98 Å². The van der Waals surface area contributed by atoms with Crippen LogP contribution in [-0.4, -0.2) is 21.6 Å². The Morgan fingerprint density at radius 2 is 2.25 bits per heavy atom. The second-order valence-corrected chi connectivity index (χ2v) is 7.21. The van der Waals surface area contributed by atoms with Crippen LogP contribution in [0.5, 0.6) is 0 Å². The number of H-pyrrole nitrogens is 1. The summed E-state index contributed by atoms with van der Waals surface area (Å²) in [6.07, 6.45) is 1.54. The van der Waals surface area contributed by atoms with Crippen LogP contribution < -0.4 is 0 Å². The Hall–Kier alpha value is -0.950. The van der Waals surface area contributed by atoms with Crippen molar-refractivity contribution >= 4 is 56.8 Å².